The van der Waals surface area contributed by atoms with E-state index in [0.717, 1.165) is 50.2 Å². The lowest BCUT2D eigenvalue weighted by Crippen LogP contribution is -2.38. The van der Waals surface area contributed by atoms with Crippen LogP contribution in [0.25, 0.3) is 0 Å². The second-order valence-corrected chi connectivity index (χ2v) is 8.47. The normalized spacial score (nSPS) is 18.2. The lowest BCUT2D eigenvalue weighted by molar-refractivity contribution is 0.0690. The molecule has 2 aliphatic rings. The number of likely N-dealkylation sites (tertiary alicyclic amines) is 2. The van der Waals surface area contributed by atoms with E-state index in [1.165, 1.54) is 37.1 Å². The van der Waals surface area contributed by atoms with Crippen molar-refractivity contribution in [2.45, 2.75) is 38.6 Å². The fraction of sp³-hybridized carbons (Fsp3) is 0.480. The molecule has 0 N–H and O–H groups in total. The number of benzene rings is 2. The van der Waals surface area contributed by atoms with Crippen molar-refractivity contribution in [1.29, 1.82) is 0 Å². The van der Waals surface area contributed by atoms with Crippen LogP contribution in [0.2, 0.25) is 0 Å². The highest BCUT2D eigenvalue weighted by Gasteiger charge is 2.24. The van der Waals surface area contributed by atoms with Crippen LogP contribution in [0.15, 0.2) is 48.5 Å². The molecule has 0 spiro atoms. The molecule has 4 heteroatoms. The predicted octanol–water partition coefficient (Wildman–Crippen LogP) is 4.39. The van der Waals surface area contributed by atoms with Gasteiger partial charge < -0.3 is 9.64 Å². The van der Waals surface area contributed by atoms with Crippen molar-refractivity contribution in [2.75, 3.05) is 33.3 Å². The summed E-state index contributed by atoms with van der Waals surface area (Å²) in [7, 11) is 1.64. The quantitative estimate of drug-likeness (QED) is 0.731. The van der Waals surface area contributed by atoms with E-state index < -0.39 is 0 Å². The maximum Gasteiger partial charge on any atom is 0.253 e. The molecular formula is C25H32N2O2. The first kappa shape index (κ1) is 20.0. The number of hydrogen-bond donors (Lipinski definition) is 0. The fourth-order valence-corrected chi connectivity index (χ4v) is 4.57. The first-order chi connectivity index (χ1) is 14.2. The summed E-state index contributed by atoms with van der Waals surface area (Å²) in [6.07, 6.45) is 5.97. The molecule has 2 aromatic rings. The smallest absolute Gasteiger partial charge is 0.253 e. The van der Waals surface area contributed by atoms with E-state index in [0.29, 0.717) is 5.92 Å². The van der Waals surface area contributed by atoms with Crippen molar-refractivity contribution >= 4 is 5.91 Å². The Balaban J connectivity index is 1.25. The Kier molecular flexibility index (Phi) is 6.50. The lowest BCUT2D eigenvalue weighted by Gasteiger charge is -2.32. The third-order valence-electron chi connectivity index (χ3n) is 6.39. The van der Waals surface area contributed by atoms with Gasteiger partial charge in [-0.25, -0.2) is 0 Å². The molecule has 0 aliphatic carbocycles. The summed E-state index contributed by atoms with van der Waals surface area (Å²) < 4.78 is 5.18. The van der Waals surface area contributed by atoms with Crippen LogP contribution in [0.1, 0.15) is 47.2 Å². The van der Waals surface area contributed by atoms with Crippen LogP contribution >= 0.6 is 0 Å². The van der Waals surface area contributed by atoms with Gasteiger partial charge in [0.15, 0.2) is 0 Å². The molecule has 2 aliphatic heterocycles. The standard InChI is InChI=1S/C25H32N2O2/c1-29-24-10-8-23(9-11-24)25(28)27-16-12-21(13-17-27)18-20-4-6-22(7-5-20)19-26-14-2-3-15-26/h4-11,21H,2-3,12-19H2,1H3. The van der Waals surface area contributed by atoms with Gasteiger partial charge in [-0.1, -0.05) is 24.3 Å². The lowest BCUT2D eigenvalue weighted by atomic mass is 9.89. The Morgan fingerprint density at radius 3 is 2.14 bits per heavy atom. The Hall–Kier alpha value is -2.33. The second kappa shape index (κ2) is 9.45. The number of amides is 1. The summed E-state index contributed by atoms with van der Waals surface area (Å²) in [6.45, 7) is 5.28. The van der Waals surface area contributed by atoms with Gasteiger partial charge in [0.25, 0.3) is 5.91 Å². The Morgan fingerprint density at radius 2 is 1.52 bits per heavy atom. The largest absolute Gasteiger partial charge is 0.497 e. The first-order valence-electron chi connectivity index (χ1n) is 10.9. The van der Waals surface area contributed by atoms with E-state index >= 15 is 0 Å². The van der Waals surface area contributed by atoms with Crippen LogP contribution in [0, 0.1) is 5.92 Å². The van der Waals surface area contributed by atoms with Crippen LogP contribution in [-0.4, -0.2) is 49.0 Å². The third kappa shape index (κ3) is 5.18. The molecule has 4 nitrogen and oxygen atoms in total. The summed E-state index contributed by atoms with van der Waals surface area (Å²) in [5.41, 5.74) is 3.60. The summed E-state index contributed by atoms with van der Waals surface area (Å²) in [5, 5.41) is 0. The van der Waals surface area contributed by atoms with Gasteiger partial charge in [0.1, 0.15) is 5.75 Å². The van der Waals surface area contributed by atoms with Gasteiger partial charge in [0.05, 0.1) is 7.11 Å². The second-order valence-electron chi connectivity index (χ2n) is 8.47. The molecule has 2 saturated heterocycles. The number of piperidine rings is 1. The van der Waals surface area contributed by atoms with E-state index in [4.69, 9.17) is 4.74 Å². The van der Waals surface area contributed by atoms with E-state index in [1.54, 1.807) is 7.11 Å². The zero-order valence-electron chi connectivity index (χ0n) is 17.5. The molecule has 4 rings (SSSR count). The van der Waals surface area contributed by atoms with Gasteiger partial charge in [0, 0.05) is 25.2 Å². The SMILES string of the molecule is COc1ccc(C(=O)N2CCC(Cc3ccc(CN4CCCC4)cc3)CC2)cc1. The minimum absolute atomic E-state index is 0.136. The topological polar surface area (TPSA) is 32.8 Å². The molecular weight excluding hydrogens is 360 g/mol. The zero-order chi connectivity index (χ0) is 20.1. The number of nitrogens with zero attached hydrogens (tertiary/aromatic N) is 2. The van der Waals surface area contributed by atoms with Gasteiger partial charge in [-0.15, -0.1) is 0 Å². The average Bonchev–Trinajstić information content (AvgIpc) is 3.28. The summed E-state index contributed by atoms with van der Waals surface area (Å²) in [5.74, 6) is 1.59. The van der Waals surface area contributed by atoms with Crippen molar-refractivity contribution in [3.63, 3.8) is 0 Å². The molecule has 0 radical (unpaired) electrons. The minimum atomic E-state index is 0.136. The summed E-state index contributed by atoms with van der Waals surface area (Å²) in [6, 6.07) is 16.6. The van der Waals surface area contributed by atoms with Crippen LogP contribution in [0.5, 0.6) is 5.75 Å². The monoisotopic (exact) mass is 392 g/mol. The summed E-state index contributed by atoms with van der Waals surface area (Å²) in [4.78, 5) is 17.3. The third-order valence-corrected chi connectivity index (χ3v) is 6.39. The van der Waals surface area contributed by atoms with Gasteiger partial charge in [0.2, 0.25) is 0 Å². The number of hydrogen-bond acceptors (Lipinski definition) is 3. The number of methoxy groups -OCH3 is 1. The molecule has 0 aromatic heterocycles. The van der Waals surface area contributed by atoms with E-state index in [9.17, 15) is 4.79 Å². The fourth-order valence-electron chi connectivity index (χ4n) is 4.57. The van der Waals surface area contributed by atoms with Gasteiger partial charge in [-0.3, -0.25) is 9.69 Å². The molecule has 2 aromatic carbocycles. The molecule has 1 amide bonds. The average molecular weight is 393 g/mol. The van der Waals surface area contributed by atoms with E-state index in [1.807, 2.05) is 29.2 Å². The maximum atomic E-state index is 12.7. The van der Waals surface area contributed by atoms with Crippen molar-refractivity contribution in [3.05, 3.63) is 65.2 Å². The van der Waals surface area contributed by atoms with Gasteiger partial charge in [-0.2, -0.15) is 0 Å². The van der Waals surface area contributed by atoms with Crippen LogP contribution < -0.4 is 4.74 Å². The molecule has 154 valence electrons. The Bertz CT molecular complexity index is 787. The Morgan fingerprint density at radius 1 is 0.897 bits per heavy atom. The number of carbonyl (C=O) groups is 1. The first-order valence-corrected chi connectivity index (χ1v) is 10.9. The number of ether oxygens (including phenoxy) is 1. The molecule has 2 fully saturated rings. The molecule has 0 saturated carbocycles. The van der Waals surface area contributed by atoms with Crippen LogP contribution in [0.4, 0.5) is 0 Å². The van der Waals surface area contributed by atoms with E-state index in [2.05, 4.69) is 29.2 Å². The highest BCUT2D eigenvalue weighted by molar-refractivity contribution is 5.94. The molecule has 0 atom stereocenters. The number of rotatable bonds is 6. The molecule has 0 bridgehead atoms. The van der Waals surface area contributed by atoms with Crippen LogP contribution in [0.3, 0.4) is 0 Å². The van der Waals surface area contributed by atoms with Crippen molar-refractivity contribution in [1.82, 2.24) is 9.80 Å². The Labute approximate surface area is 174 Å². The molecule has 29 heavy (non-hydrogen) atoms. The minimum Gasteiger partial charge on any atom is -0.497 e. The maximum absolute atomic E-state index is 12.7. The van der Waals surface area contributed by atoms with Crippen molar-refractivity contribution in [2.24, 2.45) is 5.92 Å². The molecule has 2 heterocycles. The van der Waals surface area contributed by atoms with Gasteiger partial charge >= 0.3 is 0 Å². The summed E-state index contributed by atoms with van der Waals surface area (Å²) >= 11 is 0. The highest BCUT2D eigenvalue weighted by Crippen LogP contribution is 2.24. The highest BCUT2D eigenvalue weighted by atomic mass is 16.5. The zero-order valence-corrected chi connectivity index (χ0v) is 17.5. The molecule has 0 unspecified atom stereocenters. The number of carbonyl (C=O) groups excluding carboxylic acids is 1. The van der Waals surface area contributed by atoms with Crippen molar-refractivity contribution in [3.8, 4) is 5.75 Å². The van der Waals surface area contributed by atoms with Crippen LogP contribution in [-0.2, 0) is 13.0 Å². The van der Waals surface area contributed by atoms with Gasteiger partial charge in [-0.05, 0) is 86.5 Å². The predicted molar refractivity (Wildman–Crippen MR) is 116 cm³/mol. The van der Waals surface area contributed by atoms with Crippen molar-refractivity contribution < 1.29 is 9.53 Å². The van der Waals surface area contributed by atoms with E-state index in [-0.39, 0.29) is 5.91 Å².